The van der Waals surface area contributed by atoms with Crippen molar-refractivity contribution in [3.05, 3.63) is 11.9 Å². The Morgan fingerprint density at radius 3 is 3.06 bits per heavy atom. The molecule has 2 atom stereocenters. The molecule has 0 saturated carbocycles. The quantitative estimate of drug-likeness (QED) is 0.811. The highest BCUT2D eigenvalue weighted by molar-refractivity contribution is 5.73. The summed E-state index contributed by atoms with van der Waals surface area (Å²) in [6.45, 7) is 0. The van der Waals surface area contributed by atoms with Gasteiger partial charge in [-0.3, -0.25) is 14.8 Å². The van der Waals surface area contributed by atoms with Crippen LogP contribution in [0.2, 0.25) is 0 Å². The normalized spacial score (nSPS) is 24.6. The first-order chi connectivity index (χ1) is 8.13. The van der Waals surface area contributed by atoms with Gasteiger partial charge in [0.15, 0.2) is 5.75 Å². The van der Waals surface area contributed by atoms with Crippen LogP contribution in [0.1, 0.15) is 31.0 Å². The van der Waals surface area contributed by atoms with E-state index in [1.807, 2.05) is 7.05 Å². The van der Waals surface area contributed by atoms with Crippen molar-refractivity contribution in [2.24, 2.45) is 7.05 Å². The number of nitrogens with zero attached hydrogens (tertiary/aromatic N) is 2. The van der Waals surface area contributed by atoms with Gasteiger partial charge in [0.25, 0.3) is 0 Å². The molecule has 17 heavy (non-hydrogen) atoms. The zero-order chi connectivity index (χ0) is 12.4. The molecule has 1 saturated heterocycles. The predicted octanol–water partition coefficient (Wildman–Crippen LogP) is 0.697. The first kappa shape index (κ1) is 11.9. The van der Waals surface area contributed by atoms with E-state index < -0.39 is 12.0 Å². The maximum atomic E-state index is 11.0. The fraction of sp³-hybridized carbons (Fsp3) is 0.636. The van der Waals surface area contributed by atoms with Crippen LogP contribution in [0.4, 0.5) is 0 Å². The van der Waals surface area contributed by atoms with E-state index in [1.165, 1.54) is 0 Å². The molecule has 2 unspecified atom stereocenters. The van der Waals surface area contributed by atoms with Crippen molar-refractivity contribution in [1.82, 2.24) is 15.1 Å². The number of aromatic nitrogens is 2. The van der Waals surface area contributed by atoms with Gasteiger partial charge in [-0.25, -0.2) is 0 Å². The highest BCUT2D eigenvalue weighted by Gasteiger charge is 2.30. The lowest BCUT2D eigenvalue weighted by Gasteiger charge is -2.29. The van der Waals surface area contributed by atoms with Crippen LogP contribution in [0.3, 0.4) is 0 Å². The van der Waals surface area contributed by atoms with Crippen LogP contribution in [-0.4, -0.2) is 34.0 Å². The largest absolute Gasteiger partial charge is 0.493 e. The highest BCUT2D eigenvalue weighted by Crippen LogP contribution is 2.31. The molecular weight excluding hydrogens is 222 g/mol. The average Bonchev–Trinajstić information content (AvgIpc) is 2.70. The molecule has 2 heterocycles. The Bertz CT molecular complexity index is 416. The number of carboxylic acid groups (broad SMARTS) is 1. The van der Waals surface area contributed by atoms with Gasteiger partial charge in [-0.15, -0.1) is 0 Å². The molecule has 2 rings (SSSR count). The van der Waals surface area contributed by atoms with Gasteiger partial charge in [0.2, 0.25) is 0 Å². The van der Waals surface area contributed by atoms with Gasteiger partial charge in [0.05, 0.1) is 25.0 Å². The van der Waals surface area contributed by atoms with Crippen LogP contribution in [0.15, 0.2) is 6.20 Å². The smallest absolute Gasteiger partial charge is 0.320 e. The minimum absolute atomic E-state index is 0.00713. The van der Waals surface area contributed by atoms with Crippen LogP contribution in [0.5, 0.6) is 5.75 Å². The summed E-state index contributed by atoms with van der Waals surface area (Å²) in [5.41, 5.74) is 0.915. The van der Waals surface area contributed by atoms with E-state index in [1.54, 1.807) is 18.0 Å². The minimum Gasteiger partial charge on any atom is -0.493 e. The first-order valence-corrected chi connectivity index (χ1v) is 5.68. The molecule has 94 valence electrons. The first-order valence-electron chi connectivity index (χ1n) is 5.68. The molecule has 1 aromatic heterocycles. The fourth-order valence-electron chi connectivity index (χ4n) is 2.33. The molecule has 0 spiro atoms. The monoisotopic (exact) mass is 239 g/mol. The summed E-state index contributed by atoms with van der Waals surface area (Å²) in [6, 6.07) is -0.486. The second-order valence-corrected chi connectivity index (χ2v) is 4.26. The predicted molar refractivity (Wildman–Crippen MR) is 60.9 cm³/mol. The third-order valence-electron chi connectivity index (χ3n) is 3.19. The number of carboxylic acids is 1. The Labute approximate surface area is 99.6 Å². The van der Waals surface area contributed by atoms with E-state index in [2.05, 4.69) is 10.4 Å². The van der Waals surface area contributed by atoms with Crippen molar-refractivity contribution in [2.45, 2.75) is 31.3 Å². The number of hydrogen-bond donors (Lipinski definition) is 2. The van der Waals surface area contributed by atoms with Crippen LogP contribution in [0.25, 0.3) is 0 Å². The zero-order valence-electron chi connectivity index (χ0n) is 10.0. The second kappa shape index (κ2) is 4.75. The van der Waals surface area contributed by atoms with E-state index in [0.29, 0.717) is 12.2 Å². The van der Waals surface area contributed by atoms with Gasteiger partial charge >= 0.3 is 5.97 Å². The molecule has 2 N–H and O–H groups in total. The summed E-state index contributed by atoms with van der Waals surface area (Å²) in [7, 11) is 3.43. The van der Waals surface area contributed by atoms with E-state index in [-0.39, 0.29) is 6.04 Å². The average molecular weight is 239 g/mol. The molecule has 1 aromatic rings. The number of nitrogens with one attached hydrogen (secondary N) is 1. The molecule has 0 radical (unpaired) electrons. The second-order valence-electron chi connectivity index (χ2n) is 4.26. The van der Waals surface area contributed by atoms with Crippen molar-refractivity contribution in [1.29, 1.82) is 0 Å². The summed E-state index contributed by atoms with van der Waals surface area (Å²) in [5, 5.41) is 16.3. The number of aryl methyl sites for hydroxylation is 1. The number of methoxy groups -OCH3 is 1. The van der Waals surface area contributed by atoms with E-state index in [0.717, 1.165) is 18.5 Å². The van der Waals surface area contributed by atoms with Crippen molar-refractivity contribution in [3.8, 4) is 5.75 Å². The maximum Gasteiger partial charge on any atom is 0.320 e. The Morgan fingerprint density at radius 1 is 1.65 bits per heavy atom. The zero-order valence-corrected chi connectivity index (χ0v) is 10.0. The standard InChI is InChI=1S/C11H17N3O3/c1-14-10(9(17-2)6-12-14)7-4-3-5-8(13-7)11(15)16/h6-8,13H,3-5H2,1-2H3,(H,15,16). The SMILES string of the molecule is COc1cnn(C)c1C1CCCC(C(=O)O)N1. The summed E-state index contributed by atoms with van der Waals surface area (Å²) >= 11 is 0. The lowest BCUT2D eigenvalue weighted by Crippen LogP contribution is -2.42. The molecule has 0 aliphatic carbocycles. The summed E-state index contributed by atoms with van der Waals surface area (Å²) < 4.78 is 6.98. The molecule has 0 bridgehead atoms. The van der Waals surface area contributed by atoms with Crippen molar-refractivity contribution >= 4 is 5.97 Å². The van der Waals surface area contributed by atoms with E-state index >= 15 is 0 Å². The Morgan fingerprint density at radius 2 is 2.41 bits per heavy atom. The van der Waals surface area contributed by atoms with Gasteiger partial charge < -0.3 is 9.84 Å². The lowest BCUT2D eigenvalue weighted by atomic mass is 9.96. The van der Waals surface area contributed by atoms with E-state index in [4.69, 9.17) is 9.84 Å². The molecular formula is C11H17N3O3. The number of aliphatic carboxylic acids is 1. The summed E-state index contributed by atoms with van der Waals surface area (Å²) in [5.74, 6) is -0.0909. The molecule has 1 aliphatic rings. The van der Waals surface area contributed by atoms with Gasteiger partial charge in [-0.05, 0) is 19.3 Å². The topological polar surface area (TPSA) is 76.4 Å². The number of ether oxygens (including phenoxy) is 1. The molecule has 1 fully saturated rings. The maximum absolute atomic E-state index is 11.0. The number of piperidine rings is 1. The van der Waals surface area contributed by atoms with Crippen LogP contribution < -0.4 is 10.1 Å². The molecule has 0 aromatic carbocycles. The Hall–Kier alpha value is -1.56. The Kier molecular flexibility index (Phi) is 3.33. The third-order valence-corrected chi connectivity index (χ3v) is 3.19. The van der Waals surface area contributed by atoms with Gasteiger partial charge in [-0.1, -0.05) is 0 Å². The molecule has 1 aliphatic heterocycles. The van der Waals surface area contributed by atoms with E-state index in [9.17, 15) is 4.79 Å². The lowest BCUT2D eigenvalue weighted by molar-refractivity contribution is -0.140. The molecule has 0 amide bonds. The van der Waals surface area contributed by atoms with Gasteiger partial charge in [0.1, 0.15) is 6.04 Å². The van der Waals surface area contributed by atoms with Crippen molar-refractivity contribution in [3.63, 3.8) is 0 Å². The fourth-order valence-corrected chi connectivity index (χ4v) is 2.33. The summed E-state index contributed by atoms with van der Waals surface area (Å²) in [4.78, 5) is 11.0. The van der Waals surface area contributed by atoms with Crippen LogP contribution in [-0.2, 0) is 11.8 Å². The van der Waals surface area contributed by atoms with Crippen LogP contribution in [0, 0.1) is 0 Å². The number of hydrogen-bond acceptors (Lipinski definition) is 4. The number of rotatable bonds is 3. The van der Waals surface area contributed by atoms with Crippen molar-refractivity contribution < 1.29 is 14.6 Å². The highest BCUT2D eigenvalue weighted by atomic mass is 16.5. The molecule has 6 nitrogen and oxygen atoms in total. The third kappa shape index (κ3) is 2.26. The Balaban J connectivity index is 2.21. The summed E-state index contributed by atoms with van der Waals surface area (Å²) in [6.07, 6.45) is 4.12. The number of carbonyl (C=O) groups is 1. The van der Waals surface area contributed by atoms with Crippen molar-refractivity contribution in [2.75, 3.05) is 7.11 Å². The van der Waals surface area contributed by atoms with Gasteiger partial charge in [-0.2, -0.15) is 5.10 Å². The van der Waals surface area contributed by atoms with Crippen LogP contribution >= 0.6 is 0 Å². The molecule has 6 heteroatoms. The van der Waals surface area contributed by atoms with Gasteiger partial charge in [0, 0.05) is 7.05 Å². The minimum atomic E-state index is -0.796.